The maximum Gasteiger partial charge on any atom is 0.275 e. The summed E-state index contributed by atoms with van der Waals surface area (Å²) < 4.78 is 0. The Hall–Kier alpha value is -1.62. The molecule has 0 fully saturated rings. The normalized spacial score (nSPS) is 13.6. The predicted molar refractivity (Wildman–Crippen MR) is 84.0 cm³/mol. The number of benzene rings is 1. The standard InChI is InChI=1S/C16H24N2O3/c1-12-11-15-14(13(2)16(12)18(20)21)7-9-17(15)8-5-3-4-6-10-19/h11,19H,3-10H2,1-2H3. The van der Waals surface area contributed by atoms with E-state index in [9.17, 15) is 10.1 Å². The number of nitro benzene ring substituents is 1. The molecule has 0 saturated carbocycles. The molecular formula is C16H24N2O3. The van der Waals surface area contributed by atoms with Gasteiger partial charge in [0.2, 0.25) is 0 Å². The van der Waals surface area contributed by atoms with Crippen molar-refractivity contribution < 1.29 is 10.0 Å². The van der Waals surface area contributed by atoms with Crippen molar-refractivity contribution in [3.63, 3.8) is 0 Å². The molecule has 0 unspecified atom stereocenters. The Morgan fingerprint density at radius 1 is 1.29 bits per heavy atom. The Morgan fingerprint density at radius 2 is 2.00 bits per heavy atom. The molecule has 0 saturated heterocycles. The summed E-state index contributed by atoms with van der Waals surface area (Å²) in [5.41, 5.74) is 4.18. The second kappa shape index (κ2) is 6.89. The van der Waals surface area contributed by atoms with E-state index >= 15 is 0 Å². The number of nitrogens with zero attached hydrogens (tertiary/aromatic N) is 2. The topological polar surface area (TPSA) is 66.6 Å². The van der Waals surface area contributed by atoms with E-state index in [0.29, 0.717) is 0 Å². The summed E-state index contributed by atoms with van der Waals surface area (Å²) in [7, 11) is 0. The molecule has 0 aromatic heterocycles. The smallest absolute Gasteiger partial charge is 0.275 e. The summed E-state index contributed by atoms with van der Waals surface area (Å²) in [6.45, 7) is 5.92. The van der Waals surface area contributed by atoms with Crippen LogP contribution >= 0.6 is 0 Å². The second-order valence-corrected chi connectivity index (χ2v) is 5.80. The average molecular weight is 292 g/mol. The van der Waals surface area contributed by atoms with Gasteiger partial charge < -0.3 is 10.0 Å². The summed E-state index contributed by atoms with van der Waals surface area (Å²) >= 11 is 0. The van der Waals surface area contributed by atoms with Crippen molar-refractivity contribution in [3.05, 3.63) is 32.9 Å². The van der Waals surface area contributed by atoms with Gasteiger partial charge in [0.25, 0.3) is 5.69 Å². The first-order chi connectivity index (χ1) is 10.1. The van der Waals surface area contributed by atoms with Crippen LogP contribution in [0.1, 0.15) is 42.4 Å². The lowest BCUT2D eigenvalue weighted by Crippen LogP contribution is -2.21. The van der Waals surface area contributed by atoms with E-state index in [0.717, 1.165) is 61.9 Å². The van der Waals surface area contributed by atoms with Crippen molar-refractivity contribution in [3.8, 4) is 0 Å². The number of unbranched alkanes of at least 4 members (excludes halogenated alkanes) is 3. The molecule has 0 aliphatic carbocycles. The van der Waals surface area contributed by atoms with Gasteiger partial charge in [-0.15, -0.1) is 0 Å². The molecular weight excluding hydrogens is 268 g/mol. The minimum atomic E-state index is -0.261. The Bertz CT molecular complexity index is 529. The lowest BCUT2D eigenvalue weighted by Gasteiger charge is -2.20. The fourth-order valence-electron chi connectivity index (χ4n) is 3.24. The SMILES string of the molecule is Cc1cc2c(c(C)c1[N+](=O)[O-])CCN2CCCCCCO. The number of nitro groups is 1. The molecule has 1 N–H and O–H groups in total. The number of hydrogen-bond donors (Lipinski definition) is 1. The molecule has 116 valence electrons. The molecule has 1 aliphatic rings. The van der Waals surface area contributed by atoms with Gasteiger partial charge in [-0.05, 0) is 44.7 Å². The predicted octanol–water partition coefficient (Wildman–Crippen LogP) is 3.13. The number of aliphatic hydroxyl groups excluding tert-OH is 1. The summed E-state index contributed by atoms with van der Waals surface area (Å²) in [6.07, 6.45) is 5.07. The van der Waals surface area contributed by atoms with Crippen molar-refractivity contribution in [2.45, 2.75) is 46.0 Å². The Kier molecular flexibility index (Phi) is 5.17. The number of hydrogen-bond acceptors (Lipinski definition) is 4. The molecule has 1 aliphatic heterocycles. The molecule has 1 heterocycles. The van der Waals surface area contributed by atoms with Crippen molar-refractivity contribution in [2.24, 2.45) is 0 Å². The molecule has 5 nitrogen and oxygen atoms in total. The van der Waals surface area contributed by atoms with E-state index in [1.165, 1.54) is 5.69 Å². The van der Waals surface area contributed by atoms with Crippen molar-refractivity contribution in [1.29, 1.82) is 0 Å². The lowest BCUT2D eigenvalue weighted by atomic mass is 10.0. The quantitative estimate of drug-likeness (QED) is 0.476. The highest BCUT2D eigenvalue weighted by Crippen LogP contribution is 2.37. The van der Waals surface area contributed by atoms with Crippen LogP contribution in [0.15, 0.2) is 6.07 Å². The molecule has 21 heavy (non-hydrogen) atoms. The van der Waals surface area contributed by atoms with Gasteiger partial charge in [-0.25, -0.2) is 0 Å². The lowest BCUT2D eigenvalue weighted by molar-refractivity contribution is -0.386. The van der Waals surface area contributed by atoms with E-state index in [1.807, 2.05) is 19.9 Å². The van der Waals surface area contributed by atoms with Crippen LogP contribution < -0.4 is 4.90 Å². The molecule has 0 bridgehead atoms. The van der Waals surface area contributed by atoms with E-state index in [2.05, 4.69) is 4.90 Å². The fourth-order valence-corrected chi connectivity index (χ4v) is 3.24. The molecule has 2 rings (SSSR count). The van der Waals surface area contributed by atoms with Crippen molar-refractivity contribution in [1.82, 2.24) is 0 Å². The average Bonchev–Trinajstić information content (AvgIpc) is 2.81. The summed E-state index contributed by atoms with van der Waals surface area (Å²) in [5.74, 6) is 0. The zero-order valence-corrected chi connectivity index (χ0v) is 12.9. The van der Waals surface area contributed by atoms with E-state index in [-0.39, 0.29) is 17.2 Å². The van der Waals surface area contributed by atoms with Gasteiger partial charge in [0, 0.05) is 36.5 Å². The number of fused-ring (bicyclic) bond motifs is 1. The Balaban J connectivity index is 2.08. The van der Waals surface area contributed by atoms with Crippen molar-refractivity contribution >= 4 is 11.4 Å². The van der Waals surface area contributed by atoms with E-state index in [4.69, 9.17) is 5.11 Å². The number of rotatable bonds is 7. The number of aliphatic hydroxyl groups is 1. The zero-order valence-electron chi connectivity index (χ0n) is 12.9. The molecule has 1 aromatic carbocycles. The van der Waals surface area contributed by atoms with Gasteiger partial charge >= 0.3 is 0 Å². The first kappa shape index (κ1) is 15.8. The van der Waals surface area contributed by atoms with Gasteiger partial charge in [0.1, 0.15) is 0 Å². The van der Waals surface area contributed by atoms with Crippen LogP contribution in [0.4, 0.5) is 11.4 Å². The first-order valence-corrected chi connectivity index (χ1v) is 7.69. The highest BCUT2D eigenvalue weighted by Gasteiger charge is 2.27. The first-order valence-electron chi connectivity index (χ1n) is 7.69. The fraction of sp³-hybridized carbons (Fsp3) is 0.625. The van der Waals surface area contributed by atoms with E-state index < -0.39 is 0 Å². The second-order valence-electron chi connectivity index (χ2n) is 5.80. The van der Waals surface area contributed by atoms with Gasteiger partial charge in [0.15, 0.2) is 0 Å². The van der Waals surface area contributed by atoms with Crippen LogP contribution in [-0.2, 0) is 6.42 Å². The third-order valence-corrected chi connectivity index (χ3v) is 4.33. The Labute approximate surface area is 125 Å². The van der Waals surface area contributed by atoms with Gasteiger partial charge in [-0.2, -0.15) is 0 Å². The third-order valence-electron chi connectivity index (χ3n) is 4.33. The highest BCUT2D eigenvalue weighted by atomic mass is 16.6. The molecule has 5 heteroatoms. The minimum absolute atomic E-state index is 0.261. The summed E-state index contributed by atoms with van der Waals surface area (Å²) in [6, 6.07) is 1.97. The zero-order chi connectivity index (χ0) is 15.4. The van der Waals surface area contributed by atoms with Crippen molar-refractivity contribution in [2.75, 3.05) is 24.6 Å². The molecule has 0 amide bonds. The number of aryl methyl sites for hydroxylation is 1. The van der Waals surface area contributed by atoms with Gasteiger partial charge in [-0.1, -0.05) is 12.8 Å². The van der Waals surface area contributed by atoms with Crippen LogP contribution in [0.3, 0.4) is 0 Å². The van der Waals surface area contributed by atoms with E-state index in [1.54, 1.807) is 0 Å². The highest BCUT2D eigenvalue weighted by molar-refractivity contribution is 5.68. The molecule has 1 aromatic rings. The molecule has 0 spiro atoms. The monoisotopic (exact) mass is 292 g/mol. The molecule has 0 radical (unpaired) electrons. The minimum Gasteiger partial charge on any atom is -0.396 e. The van der Waals surface area contributed by atoms with Crippen LogP contribution in [-0.4, -0.2) is 29.7 Å². The largest absolute Gasteiger partial charge is 0.396 e. The van der Waals surface area contributed by atoms with Crippen LogP contribution in [0.5, 0.6) is 0 Å². The van der Waals surface area contributed by atoms with Gasteiger partial charge in [0.05, 0.1) is 4.92 Å². The maximum absolute atomic E-state index is 11.2. The molecule has 0 atom stereocenters. The maximum atomic E-state index is 11.2. The third kappa shape index (κ3) is 3.35. The summed E-state index contributed by atoms with van der Waals surface area (Å²) in [5, 5.41) is 19.9. The Morgan fingerprint density at radius 3 is 2.67 bits per heavy atom. The van der Waals surface area contributed by atoms with Crippen LogP contribution in [0, 0.1) is 24.0 Å². The summed E-state index contributed by atoms with van der Waals surface area (Å²) in [4.78, 5) is 13.3. The number of anilines is 1. The van der Waals surface area contributed by atoms with Gasteiger partial charge in [-0.3, -0.25) is 10.1 Å². The van der Waals surface area contributed by atoms with Crippen LogP contribution in [0.2, 0.25) is 0 Å². The van der Waals surface area contributed by atoms with Crippen LogP contribution in [0.25, 0.3) is 0 Å².